The third kappa shape index (κ3) is 6.17. The number of rotatable bonds is 8. The molecule has 12 heteroatoms. The normalized spacial score (nSPS) is 11.9. The van der Waals surface area contributed by atoms with E-state index in [4.69, 9.17) is 15.0 Å². The Labute approximate surface area is 184 Å². The zero-order valence-corrected chi connectivity index (χ0v) is 18.2. The zero-order valence-electron chi connectivity index (χ0n) is 16.6. The molecule has 0 radical (unpaired) electrons. The van der Waals surface area contributed by atoms with Gasteiger partial charge in [-0.1, -0.05) is 6.07 Å². The van der Waals surface area contributed by atoms with Gasteiger partial charge in [-0.15, -0.1) is 0 Å². The highest BCUT2D eigenvalue weighted by Gasteiger charge is 2.16. The monoisotopic (exact) mass is 480 g/mol. The number of nitrogens with two attached hydrogens (primary N) is 1. The van der Waals surface area contributed by atoms with Gasteiger partial charge in [-0.3, -0.25) is 13.9 Å². The van der Waals surface area contributed by atoms with Crippen LogP contribution < -0.4 is 15.8 Å². The second-order valence-corrected chi connectivity index (χ2v) is 9.89. The van der Waals surface area contributed by atoms with Crippen molar-refractivity contribution in [3.8, 4) is 5.75 Å². The first-order chi connectivity index (χ1) is 14.9. The highest BCUT2D eigenvalue weighted by molar-refractivity contribution is 7.86. The second kappa shape index (κ2) is 9.12. The van der Waals surface area contributed by atoms with Crippen molar-refractivity contribution in [1.29, 1.82) is 0 Å². The fourth-order valence-electron chi connectivity index (χ4n) is 2.90. The fourth-order valence-corrected chi connectivity index (χ4v) is 3.92. The van der Waals surface area contributed by atoms with Gasteiger partial charge in [-0.2, -0.15) is 16.8 Å². The summed E-state index contributed by atoms with van der Waals surface area (Å²) in [4.78, 5) is 12.1. The van der Waals surface area contributed by atoms with Crippen molar-refractivity contribution in [2.24, 2.45) is 0 Å². The quantitative estimate of drug-likeness (QED) is 0.215. The van der Waals surface area contributed by atoms with Crippen LogP contribution in [0.5, 0.6) is 5.75 Å². The molecule has 0 spiro atoms. The van der Waals surface area contributed by atoms with E-state index >= 15 is 0 Å². The molecule has 0 aliphatic heterocycles. The van der Waals surface area contributed by atoms with Crippen LogP contribution in [0.15, 0.2) is 59.5 Å². The summed E-state index contributed by atoms with van der Waals surface area (Å²) in [6, 6.07) is 13.3. The van der Waals surface area contributed by atoms with Gasteiger partial charge < -0.3 is 15.8 Å². The first-order valence-corrected chi connectivity index (χ1v) is 12.3. The maximum Gasteiger partial charge on any atom is 0.294 e. The van der Waals surface area contributed by atoms with Crippen LogP contribution in [0.1, 0.15) is 16.8 Å². The lowest BCUT2D eigenvalue weighted by atomic mass is 10.1. The molecule has 32 heavy (non-hydrogen) atoms. The lowest BCUT2D eigenvalue weighted by Gasteiger charge is -2.13. The number of anilines is 2. The predicted octanol–water partition coefficient (Wildman–Crippen LogP) is 2.58. The number of amides is 1. The molecule has 0 aliphatic rings. The van der Waals surface area contributed by atoms with Crippen molar-refractivity contribution in [2.75, 3.05) is 23.4 Å². The minimum Gasteiger partial charge on any atom is -0.493 e. The van der Waals surface area contributed by atoms with Crippen molar-refractivity contribution in [3.63, 3.8) is 0 Å². The van der Waals surface area contributed by atoms with E-state index in [0.717, 1.165) is 6.07 Å². The van der Waals surface area contributed by atoms with Crippen LogP contribution in [0.4, 0.5) is 11.4 Å². The van der Waals surface area contributed by atoms with Crippen LogP contribution in [0.25, 0.3) is 10.8 Å². The molecule has 3 aromatic carbocycles. The van der Waals surface area contributed by atoms with Gasteiger partial charge in [0, 0.05) is 28.4 Å². The molecule has 0 unspecified atom stereocenters. The van der Waals surface area contributed by atoms with Crippen LogP contribution in [-0.2, 0) is 20.2 Å². The summed E-state index contributed by atoms with van der Waals surface area (Å²) in [5.41, 5.74) is 6.90. The largest absolute Gasteiger partial charge is 0.493 e. The number of hydrogen-bond acceptors (Lipinski definition) is 7. The number of carbonyl (C=O) groups is 1. The van der Waals surface area contributed by atoms with Crippen LogP contribution in [0, 0.1) is 0 Å². The van der Waals surface area contributed by atoms with E-state index in [9.17, 15) is 26.2 Å². The van der Waals surface area contributed by atoms with Gasteiger partial charge in [0.25, 0.3) is 26.1 Å². The van der Waals surface area contributed by atoms with E-state index in [2.05, 4.69) is 5.32 Å². The summed E-state index contributed by atoms with van der Waals surface area (Å²) < 4.78 is 68.7. The summed E-state index contributed by atoms with van der Waals surface area (Å²) in [7, 11) is -8.71. The third-order valence-electron chi connectivity index (χ3n) is 4.42. The van der Waals surface area contributed by atoms with Gasteiger partial charge in [0.2, 0.25) is 0 Å². The number of hydrogen-bond donors (Lipinski definition) is 4. The molecule has 3 rings (SSSR count). The maximum atomic E-state index is 12.5. The zero-order chi connectivity index (χ0) is 23.5. The molecule has 0 saturated heterocycles. The molecular formula is C20H20N2O8S2. The van der Waals surface area contributed by atoms with E-state index in [0.29, 0.717) is 27.7 Å². The van der Waals surface area contributed by atoms with Crippen molar-refractivity contribution >= 4 is 48.3 Å². The summed E-state index contributed by atoms with van der Waals surface area (Å²) >= 11 is 0. The molecular weight excluding hydrogens is 460 g/mol. The average molecular weight is 481 g/mol. The first kappa shape index (κ1) is 23.5. The van der Waals surface area contributed by atoms with Gasteiger partial charge in [0.05, 0.1) is 17.3 Å². The number of nitrogen functional groups attached to an aromatic ring is 1. The molecule has 0 aliphatic carbocycles. The number of fused-ring (bicyclic) bond motifs is 1. The summed E-state index contributed by atoms with van der Waals surface area (Å²) in [5.74, 6) is -0.880. The average Bonchev–Trinajstić information content (AvgIpc) is 2.70. The van der Waals surface area contributed by atoms with Crippen LogP contribution >= 0.6 is 0 Å². The van der Waals surface area contributed by atoms with E-state index < -0.39 is 36.8 Å². The van der Waals surface area contributed by atoms with E-state index in [1.54, 1.807) is 36.4 Å². The Hall–Kier alpha value is -3.19. The minimum absolute atomic E-state index is 0.0500. The summed E-state index contributed by atoms with van der Waals surface area (Å²) in [5, 5.41) is 3.53. The van der Waals surface area contributed by atoms with Crippen LogP contribution in [0.3, 0.4) is 0 Å². The molecule has 10 nitrogen and oxygen atoms in total. The molecule has 0 heterocycles. The van der Waals surface area contributed by atoms with Gasteiger partial charge in [-0.05, 0) is 54.3 Å². The molecule has 0 atom stereocenters. The molecule has 1 amide bonds. The van der Waals surface area contributed by atoms with E-state index in [1.807, 2.05) is 0 Å². The molecule has 3 aromatic rings. The predicted molar refractivity (Wildman–Crippen MR) is 119 cm³/mol. The number of nitrogens with one attached hydrogen (secondary N) is 1. The van der Waals surface area contributed by atoms with Crippen LogP contribution in [-0.4, -0.2) is 44.2 Å². The van der Waals surface area contributed by atoms with Gasteiger partial charge >= 0.3 is 0 Å². The minimum atomic E-state index is -4.54. The molecule has 0 bridgehead atoms. The third-order valence-corrected chi connectivity index (χ3v) is 6.06. The maximum absolute atomic E-state index is 12.5. The molecule has 0 aromatic heterocycles. The van der Waals surface area contributed by atoms with Gasteiger partial charge in [0.15, 0.2) is 0 Å². The van der Waals surface area contributed by atoms with E-state index in [1.165, 1.54) is 12.1 Å². The number of benzene rings is 3. The second-order valence-electron chi connectivity index (χ2n) is 6.90. The molecule has 0 fully saturated rings. The lowest BCUT2D eigenvalue weighted by Crippen LogP contribution is -2.12. The smallest absolute Gasteiger partial charge is 0.294 e. The summed E-state index contributed by atoms with van der Waals surface area (Å²) in [6.07, 6.45) is -0.0516. The van der Waals surface area contributed by atoms with Gasteiger partial charge in [0.1, 0.15) is 5.75 Å². The van der Waals surface area contributed by atoms with Crippen molar-refractivity contribution in [2.45, 2.75) is 11.3 Å². The SMILES string of the molecule is Nc1ccc(C(=O)Nc2ccc3cc(S(=O)(=O)O)cc(OCCCS(=O)(=O)O)c3c2)cc1. The van der Waals surface area contributed by atoms with Crippen LogP contribution in [0.2, 0.25) is 0 Å². The molecule has 0 saturated carbocycles. The Kier molecular flexibility index (Phi) is 6.69. The Bertz CT molecular complexity index is 1370. The van der Waals surface area contributed by atoms with Crippen molar-refractivity contribution in [3.05, 3.63) is 60.2 Å². The highest BCUT2D eigenvalue weighted by Crippen LogP contribution is 2.32. The lowest BCUT2D eigenvalue weighted by molar-refractivity contribution is 0.102. The Balaban J connectivity index is 1.92. The first-order valence-electron chi connectivity index (χ1n) is 9.22. The summed E-state index contributed by atoms with van der Waals surface area (Å²) in [6.45, 7) is -0.147. The van der Waals surface area contributed by atoms with Gasteiger partial charge in [-0.25, -0.2) is 0 Å². The topological polar surface area (TPSA) is 173 Å². The number of carbonyl (C=O) groups excluding carboxylic acids is 1. The molecule has 170 valence electrons. The Morgan fingerprint density at radius 1 is 0.969 bits per heavy atom. The molecule has 5 N–H and O–H groups in total. The highest BCUT2D eigenvalue weighted by atomic mass is 32.2. The Morgan fingerprint density at radius 2 is 1.66 bits per heavy atom. The van der Waals surface area contributed by atoms with Crippen molar-refractivity contribution < 1.29 is 35.5 Å². The van der Waals surface area contributed by atoms with E-state index in [-0.39, 0.29) is 18.8 Å². The Morgan fingerprint density at radius 3 is 2.28 bits per heavy atom. The van der Waals surface area contributed by atoms with Crippen molar-refractivity contribution in [1.82, 2.24) is 0 Å². The standard InChI is InChI=1S/C20H20N2O8S2/c21-15-5-2-13(3-6-15)20(23)22-16-7-4-14-10-17(32(27,28)29)12-19(18(14)11-16)30-8-1-9-31(24,25)26/h2-7,10-12H,1,8-9,21H2,(H,22,23)(H,24,25,26)(H,27,28,29). The fraction of sp³-hybridized carbons (Fsp3) is 0.150. The number of ether oxygens (including phenoxy) is 1.